The van der Waals surface area contributed by atoms with E-state index in [1.165, 1.54) is 7.11 Å². The molecule has 1 rings (SSSR count). The van der Waals surface area contributed by atoms with Crippen LogP contribution in [0.5, 0.6) is 5.88 Å². The maximum Gasteiger partial charge on any atom is 0.288 e. The average Bonchev–Trinajstić information content (AvgIpc) is 2.45. The number of nitrogens with zero attached hydrogens (tertiary/aromatic N) is 5. The molecule has 0 spiro atoms. The van der Waals surface area contributed by atoms with Gasteiger partial charge in [0.25, 0.3) is 5.69 Å². The molecule has 0 fully saturated rings. The Morgan fingerprint density at radius 1 is 1.65 bits per heavy atom. The molecule has 0 aliphatic heterocycles. The van der Waals surface area contributed by atoms with Crippen LogP contribution in [0.4, 0.5) is 5.69 Å². The van der Waals surface area contributed by atoms with Crippen LogP contribution in [-0.4, -0.2) is 39.9 Å². The van der Waals surface area contributed by atoms with Crippen molar-refractivity contribution in [2.75, 3.05) is 13.7 Å². The molecule has 0 aliphatic carbocycles. The minimum Gasteiger partial charge on any atom is -0.481 e. The predicted molar refractivity (Wildman–Crippen MR) is 67.0 cm³/mol. The van der Waals surface area contributed by atoms with Crippen molar-refractivity contribution in [2.45, 2.75) is 18.6 Å². The highest BCUT2D eigenvalue weighted by Crippen LogP contribution is 2.29. The van der Waals surface area contributed by atoms with Crippen LogP contribution in [0.25, 0.3) is 10.4 Å². The van der Waals surface area contributed by atoms with Crippen LogP contribution in [0.2, 0.25) is 0 Å². The molecule has 108 valence electrons. The second-order valence-electron chi connectivity index (χ2n) is 3.80. The van der Waals surface area contributed by atoms with Gasteiger partial charge in [0.05, 0.1) is 23.7 Å². The maximum atomic E-state index is 10.7. The zero-order valence-corrected chi connectivity index (χ0v) is 10.6. The first kappa shape index (κ1) is 15.6. The van der Waals surface area contributed by atoms with E-state index in [1.54, 1.807) is 0 Å². The first-order valence-electron chi connectivity index (χ1n) is 5.56. The van der Waals surface area contributed by atoms with E-state index in [0.29, 0.717) is 0 Å². The molecule has 0 saturated heterocycles. The first-order chi connectivity index (χ1) is 9.51. The van der Waals surface area contributed by atoms with Crippen molar-refractivity contribution in [3.8, 4) is 5.88 Å². The van der Waals surface area contributed by atoms with Gasteiger partial charge in [0.1, 0.15) is 12.3 Å². The molecule has 2 atom stereocenters. The van der Waals surface area contributed by atoms with Crippen LogP contribution in [0.3, 0.4) is 0 Å². The number of aromatic nitrogens is 1. The fraction of sp³-hybridized carbons (Fsp3) is 0.500. The molecule has 0 aromatic carbocycles. The highest BCUT2D eigenvalue weighted by molar-refractivity contribution is 5.39. The summed E-state index contributed by atoms with van der Waals surface area (Å²) in [6.45, 7) is -0.0145. The normalized spacial score (nSPS) is 13.2. The molecule has 10 nitrogen and oxygen atoms in total. The number of hydrogen-bond acceptors (Lipinski definition) is 7. The smallest absolute Gasteiger partial charge is 0.288 e. The minimum absolute atomic E-state index is 0.00290. The van der Waals surface area contributed by atoms with Gasteiger partial charge < -0.3 is 14.9 Å². The van der Waals surface area contributed by atoms with Crippen molar-refractivity contribution < 1.29 is 19.9 Å². The molecule has 0 saturated carbocycles. The van der Waals surface area contributed by atoms with Gasteiger partial charge in [-0.05, 0) is 12.0 Å². The highest BCUT2D eigenvalue weighted by Gasteiger charge is 2.24. The Hall–Kier alpha value is -2.42. The van der Waals surface area contributed by atoms with Crippen LogP contribution in [-0.2, 0) is 0 Å². The summed E-state index contributed by atoms with van der Waals surface area (Å²) in [5.41, 5.74) is 7.79. The largest absolute Gasteiger partial charge is 0.481 e. The summed E-state index contributed by atoms with van der Waals surface area (Å²) in [6, 6.07) is 1.08. The fourth-order valence-electron chi connectivity index (χ4n) is 1.54. The van der Waals surface area contributed by atoms with E-state index in [2.05, 4.69) is 15.0 Å². The Kier molecular flexibility index (Phi) is 5.66. The van der Waals surface area contributed by atoms with Gasteiger partial charge in [0.15, 0.2) is 0 Å². The SMILES string of the molecule is COc1ncc([N+](=O)[O-])cc1C(O)C(O)CCN=[N+]=[N-]. The van der Waals surface area contributed by atoms with Gasteiger partial charge >= 0.3 is 0 Å². The lowest BCUT2D eigenvalue weighted by Gasteiger charge is -2.18. The highest BCUT2D eigenvalue weighted by atomic mass is 16.6. The van der Waals surface area contributed by atoms with E-state index in [9.17, 15) is 20.3 Å². The van der Waals surface area contributed by atoms with Gasteiger partial charge in [0.2, 0.25) is 5.88 Å². The number of methoxy groups -OCH3 is 1. The number of aliphatic hydroxyl groups excluding tert-OH is 2. The topological polar surface area (TPSA) is 154 Å². The number of pyridine rings is 1. The van der Waals surface area contributed by atoms with E-state index < -0.39 is 17.1 Å². The van der Waals surface area contributed by atoms with Crippen molar-refractivity contribution in [3.63, 3.8) is 0 Å². The third-order valence-electron chi connectivity index (χ3n) is 2.54. The first-order valence-corrected chi connectivity index (χ1v) is 5.56. The summed E-state index contributed by atoms with van der Waals surface area (Å²) in [7, 11) is 1.29. The van der Waals surface area contributed by atoms with Gasteiger partial charge in [-0.3, -0.25) is 10.1 Å². The summed E-state index contributed by atoms with van der Waals surface area (Å²) in [4.78, 5) is 16.2. The molecule has 2 unspecified atom stereocenters. The standard InChI is InChI=1S/C10H13N5O5/c1-20-10-7(4-6(5-12-10)15(18)19)9(17)8(16)2-3-13-14-11/h4-5,8-9,16-17H,2-3H2,1H3. The Morgan fingerprint density at radius 2 is 2.35 bits per heavy atom. The van der Waals surface area contributed by atoms with Crippen LogP contribution in [0, 0.1) is 10.1 Å². The Bertz CT molecular complexity index is 531. The molecule has 0 aliphatic rings. The van der Waals surface area contributed by atoms with E-state index in [0.717, 1.165) is 12.3 Å². The molecule has 0 bridgehead atoms. The molecule has 20 heavy (non-hydrogen) atoms. The summed E-state index contributed by atoms with van der Waals surface area (Å²) in [5.74, 6) is -0.0223. The molecular formula is C10H13N5O5. The lowest BCUT2D eigenvalue weighted by atomic mass is 10.0. The molecular weight excluding hydrogens is 270 g/mol. The van der Waals surface area contributed by atoms with Crippen molar-refractivity contribution in [3.05, 3.63) is 38.4 Å². The van der Waals surface area contributed by atoms with Gasteiger partial charge in [-0.25, -0.2) is 4.98 Å². The van der Waals surface area contributed by atoms with E-state index in [-0.39, 0.29) is 30.1 Å². The molecule has 1 aromatic rings. The zero-order chi connectivity index (χ0) is 15.1. The summed E-state index contributed by atoms with van der Waals surface area (Å²) in [6.07, 6.45) is -1.72. The number of rotatable bonds is 7. The Labute approximate surface area is 113 Å². The van der Waals surface area contributed by atoms with E-state index in [4.69, 9.17) is 10.3 Å². The second kappa shape index (κ2) is 7.24. The second-order valence-corrected chi connectivity index (χ2v) is 3.80. The van der Waals surface area contributed by atoms with E-state index >= 15 is 0 Å². The fourth-order valence-corrected chi connectivity index (χ4v) is 1.54. The quantitative estimate of drug-likeness (QED) is 0.251. The summed E-state index contributed by atoms with van der Waals surface area (Å²) >= 11 is 0. The molecule has 2 N–H and O–H groups in total. The lowest BCUT2D eigenvalue weighted by molar-refractivity contribution is -0.385. The van der Waals surface area contributed by atoms with Gasteiger partial charge in [-0.1, -0.05) is 5.11 Å². The third kappa shape index (κ3) is 3.79. The summed E-state index contributed by atoms with van der Waals surface area (Å²) < 4.78 is 4.89. The third-order valence-corrected chi connectivity index (χ3v) is 2.54. The number of nitro groups is 1. The zero-order valence-electron chi connectivity index (χ0n) is 10.6. The minimum atomic E-state index is -1.44. The number of ether oxygens (including phenoxy) is 1. The average molecular weight is 283 g/mol. The van der Waals surface area contributed by atoms with Crippen LogP contribution in [0.1, 0.15) is 18.1 Å². The monoisotopic (exact) mass is 283 g/mol. The number of aliphatic hydroxyl groups is 2. The van der Waals surface area contributed by atoms with Crippen molar-refractivity contribution in [1.82, 2.24) is 4.98 Å². The molecule has 10 heteroatoms. The van der Waals surface area contributed by atoms with Gasteiger partial charge in [0, 0.05) is 17.5 Å². The molecule has 1 heterocycles. The lowest BCUT2D eigenvalue weighted by Crippen LogP contribution is -2.20. The molecule has 0 radical (unpaired) electrons. The van der Waals surface area contributed by atoms with Crippen LogP contribution >= 0.6 is 0 Å². The van der Waals surface area contributed by atoms with Crippen molar-refractivity contribution in [1.29, 1.82) is 0 Å². The van der Waals surface area contributed by atoms with Crippen molar-refractivity contribution >= 4 is 5.69 Å². The number of hydrogen-bond donors (Lipinski definition) is 2. The van der Waals surface area contributed by atoms with Gasteiger partial charge in [-0.2, -0.15) is 0 Å². The summed E-state index contributed by atoms with van der Waals surface area (Å²) in [5, 5.41) is 33.7. The van der Waals surface area contributed by atoms with E-state index in [1.807, 2.05) is 0 Å². The van der Waals surface area contributed by atoms with Crippen LogP contribution < -0.4 is 4.74 Å². The Morgan fingerprint density at radius 3 is 2.90 bits per heavy atom. The Balaban J connectivity index is 2.99. The van der Waals surface area contributed by atoms with Crippen LogP contribution in [0.15, 0.2) is 17.4 Å². The number of azide groups is 1. The molecule has 0 amide bonds. The van der Waals surface area contributed by atoms with Gasteiger partial charge in [-0.15, -0.1) is 0 Å². The molecule has 1 aromatic heterocycles. The maximum absolute atomic E-state index is 10.7. The van der Waals surface area contributed by atoms with Crippen molar-refractivity contribution in [2.24, 2.45) is 5.11 Å². The predicted octanol–water partition coefficient (Wildman–Crippen LogP) is 1.09.